The molecular weight excluding hydrogens is 514 g/mol. The molecule has 0 aliphatic carbocycles. The van der Waals surface area contributed by atoms with Crippen LogP contribution in [0.4, 0.5) is 21.0 Å². The first-order valence-electron chi connectivity index (χ1n) is 11.5. The molecule has 0 radical (unpaired) electrons. The molecule has 13 heteroatoms. The van der Waals surface area contributed by atoms with Crippen LogP contribution in [0, 0.1) is 10.1 Å². The molecule has 2 N–H and O–H groups in total. The highest BCUT2D eigenvalue weighted by Gasteiger charge is 2.24. The molecule has 0 heterocycles. The van der Waals surface area contributed by atoms with Crippen molar-refractivity contribution in [2.24, 2.45) is 0 Å². The van der Waals surface area contributed by atoms with Crippen molar-refractivity contribution >= 4 is 35.5 Å². The third-order valence-electron chi connectivity index (χ3n) is 4.76. The minimum Gasteiger partial charge on any atom is -0.460 e. The van der Waals surface area contributed by atoms with Crippen LogP contribution >= 0.6 is 0 Å². The number of nitrogens with one attached hydrogen (secondary N) is 2. The lowest BCUT2D eigenvalue weighted by molar-refractivity contribution is -0.384. The molecule has 1 atom stereocenters. The quantitative estimate of drug-likeness (QED) is 0.0887. The molecule has 0 aromatic heterocycles. The second-order valence-electron chi connectivity index (χ2n) is 7.68. The fraction of sp³-hybridized carbons (Fsp3) is 0.231. The molecule has 39 heavy (non-hydrogen) atoms. The number of ether oxygens (including phenoxy) is 4. The molecule has 0 unspecified atom stereocenters. The van der Waals surface area contributed by atoms with Gasteiger partial charge in [0.05, 0.1) is 4.92 Å². The maximum Gasteiger partial charge on any atom is 0.514 e. The Morgan fingerprint density at radius 1 is 0.923 bits per heavy atom. The molecular formula is C26H27N3O10. The van der Waals surface area contributed by atoms with Crippen molar-refractivity contribution < 1.29 is 43.0 Å². The Kier molecular flexibility index (Phi) is 12.2. The van der Waals surface area contributed by atoms with E-state index in [-0.39, 0.29) is 44.1 Å². The molecule has 0 spiro atoms. The van der Waals surface area contributed by atoms with Crippen molar-refractivity contribution in [2.45, 2.75) is 25.5 Å². The van der Waals surface area contributed by atoms with E-state index in [1.54, 1.807) is 24.3 Å². The molecule has 13 nitrogen and oxygen atoms in total. The smallest absolute Gasteiger partial charge is 0.460 e. The van der Waals surface area contributed by atoms with Crippen LogP contribution in [0.25, 0.3) is 0 Å². The number of esters is 1. The Labute approximate surface area is 223 Å². The van der Waals surface area contributed by atoms with Crippen LogP contribution in [0.1, 0.15) is 18.4 Å². The van der Waals surface area contributed by atoms with E-state index >= 15 is 0 Å². The predicted octanol–water partition coefficient (Wildman–Crippen LogP) is 4.04. The average Bonchev–Trinajstić information content (AvgIpc) is 2.92. The first-order valence-corrected chi connectivity index (χ1v) is 11.5. The molecule has 2 amide bonds. The van der Waals surface area contributed by atoms with Gasteiger partial charge in [0.2, 0.25) is 5.91 Å². The van der Waals surface area contributed by atoms with Crippen LogP contribution in [0.2, 0.25) is 0 Å². The lowest BCUT2D eigenvalue weighted by Gasteiger charge is -2.17. The van der Waals surface area contributed by atoms with Gasteiger partial charge in [-0.15, -0.1) is 0 Å². The van der Waals surface area contributed by atoms with Crippen molar-refractivity contribution in [1.82, 2.24) is 5.32 Å². The fourth-order valence-corrected chi connectivity index (χ4v) is 2.90. The summed E-state index contributed by atoms with van der Waals surface area (Å²) in [6.07, 6.45) is 0.717. The van der Waals surface area contributed by atoms with Gasteiger partial charge >= 0.3 is 18.2 Å². The van der Waals surface area contributed by atoms with Crippen molar-refractivity contribution in [3.63, 3.8) is 0 Å². The number of nitrogens with zero attached hydrogens (tertiary/aromatic N) is 1. The topological polar surface area (TPSA) is 172 Å². The van der Waals surface area contributed by atoms with E-state index in [0.29, 0.717) is 11.3 Å². The molecule has 0 fully saturated rings. The lowest BCUT2D eigenvalue weighted by Crippen LogP contribution is -2.42. The molecule has 2 rings (SSSR count). The second kappa shape index (κ2) is 15.8. The molecule has 0 bridgehead atoms. The fourth-order valence-electron chi connectivity index (χ4n) is 2.90. The number of rotatable bonds is 14. The Morgan fingerprint density at radius 2 is 1.56 bits per heavy atom. The van der Waals surface area contributed by atoms with Crippen LogP contribution < -0.4 is 15.4 Å². The van der Waals surface area contributed by atoms with Crippen LogP contribution in [0.3, 0.4) is 0 Å². The van der Waals surface area contributed by atoms with E-state index in [9.17, 15) is 29.3 Å². The zero-order valence-corrected chi connectivity index (χ0v) is 20.8. The molecule has 0 aliphatic rings. The van der Waals surface area contributed by atoms with Crippen molar-refractivity contribution in [2.75, 3.05) is 18.5 Å². The van der Waals surface area contributed by atoms with Crippen molar-refractivity contribution in [3.05, 3.63) is 89.5 Å². The highest BCUT2D eigenvalue weighted by atomic mass is 16.7. The number of nitro groups is 1. The molecule has 0 saturated carbocycles. The van der Waals surface area contributed by atoms with Crippen molar-refractivity contribution in [1.29, 1.82) is 0 Å². The molecule has 0 aliphatic heterocycles. The number of nitro benzene ring substituents is 1. The summed E-state index contributed by atoms with van der Waals surface area (Å²) < 4.78 is 19.7. The number of carbonyl (C=O) groups is 4. The number of amides is 2. The van der Waals surface area contributed by atoms with Gasteiger partial charge in [-0.3, -0.25) is 14.9 Å². The van der Waals surface area contributed by atoms with Crippen LogP contribution in [-0.2, 0) is 30.4 Å². The Morgan fingerprint density at radius 3 is 2.18 bits per heavy atom. The average molecular weight is 542 g/mol. The zero-order chi connectivity index (χ0) is 28.6. The molecule has 0 saturated heterocycles. The normalized spacial score (nSPS) is 10.8. The van der Waals surface area contributed by atoms with Gasteiger partial charge in [-0.1, -0.05) is 37.4 Å². The summed E-state index contributed by atoms with van der Waals surface area (Å²) in [7, 11) is 0. The Hall–Kier alpha value is -5.20. The monoisotopic (exact) mass is 541 g/mol. The third kappa shape index (κ3) is 11.2. The van der Waals surface area contributed by atoms with E-state index in [2.05, 4.69) is 23.8 Å². The second-order valence-corrected chi connectivity index (χ2v) is 7.68. The number of non-ortho nitro benzene ring substituents is 1. The van der Waals surface area contributed by atoms with Crippen molar-refractivity contribution in [3.8, 4) is 5.75 Å². The predicted molar refractivity (Wildman–Crippen MR) is 138 cm³/mol. The molecule has 2 aromatic carbocycles. The van der Waals surface area contributed by atoms with Gasteiger partial charge < -0.3 is 29.6 Å². The third-order valence-corrected chi connectivity index (χ3v) is 4.76. The van der Waals surface area contributed by atoms with Gasteiger partial charge in [0.1, 0.15) is 31.6 Å². The standard InChI is InChI=1S/C26H27N3O10/c1-3-15-36-24(31)22(28-25(32)37-16-4-2)13-14-23(30)27-19-7-5-18(6-8-19)17-38-26(33)39-21-11-9-20(10-12-21)29(34)35/h3-12,22H,1-2,13-17H2,(H,27,30)(H,28,32)/t22-/m0/s1. The largest absolute Gasteiger partial charge is 0.514 e. The van der Waals surface area contributed by atoms with E-state index in [1.807, 2.05) is 0 Å². The van der Waals surface area contributed by atoms with Gasteiger partial charge in [-0.25, -0.2) is 14.4 Å². The summed E-state index contributed by atoms with van der Waals surface area (Å²) in [6, 6.07) is 10.2. The van der Waals surface area contributed by atoms with Crippen LogP contribution in [-0.4, -0.2) is 48.3 Å². The summed E-state index contributed by atoms with van der Waals surface area (Å²) in [5.41, 5.74) is 0.900. The summed E-state index contributed by atoms with van der Waals surface area (Å²) in [6.45, 7) is 6.64. The number of carbonyl (C=O) groups excluding carboxylic acids is 4. The minimum absolute atomic E-state index is 0.0478. The molecule has 2 aromatic rings. The van der Waals surface area contributed by atoms with Gasteiger partial charge in [-0.05, 0) is 36.2 Å². The lowest BCUT2D eigenvalue weighted by atomic mass is 10.1. The Balaban J connectivity index is 1.82. The highest BCUT2D eigenvalue weighted by Crippen LogP contribution is 2.18. The maximum atomic E-state index is 12.4. The van der Waals surface area contributed by atoms with Crippen LogP contribution in [0.15, 0.2) is 73.8 Å². The summed E-state index contributed by atoms with van der Waals surface area (Å²) in [5, 5.41) is 15.7. The molecule has 206 valence electrons. The number of hydrogen-bond acceptors (Lipinski definition) is 10. The highest BCUT2D eigenvalue weighted by molar-refractivity contribution is 5.91. The van der Waals surface area contributed by atoms with Crippen LogP contribution in [0.5, 0.6) is 5.75 Å². The first-order chi connectivity index (χ1) is 18.7. The number of alkyl carbamates (subject to hydrolysis) is 1. The SMILES string of the molecule is C=CCOC(=O)N[C@@H](CCC(=O)Nc1ccc(COC(=O)Oc2ccc([N+](=O)[O-])cc2)cc1)C(=O)OCC=C. The Bertz CT molecular complexity index is 1180. The minimum atomic E-state index is -1.11. The van der Waals surface area contributed by atoms with E-state index in [4.69, 9.17) is 18.9 Å². The van der Waals surface area contributed by atoms with E-state index in [0.717, 1.165) is 0 Å². The number of benzene rings is 2. The maximum absolute atomic E-state index is 12.4. The summed E-state index contributed by atoms with van der Waals surface area (Å²) in [5.74, 6) is -1.08. The summed E-state index contributed by atoms with van der Waals surface area (Å²) >= 11 is 0. The van der Waals surface area contributed by atoms with Gasteiger partial charge in [0, 0.05) is 24.2 Å². The summed E-state index contributed by atoms with van der Waals surface area (Å²) in [4.78, 5) is 58.3. The van der Waals surface area contributed by atoms with E-state index < -0.39 is 35.1 Å². The zero-order valence-electron chi connectivity index (χ0n) is 20.8. The number of hydrogen-bond donors (Lipinski definition) is 2. The van der Waals surface area contributed by atoms with Gasteiger partial charge in [0.25, 0.3) is 5.69 Å². The van der Waals surface area contributed by atoms with Gasteiger partial charge in [-0.2, -0.15) is 0 Å². The first kappa shape index (κ1) is 30.0. The number of anilines is 1. The van der Waals surface area contributed by atoms with Gasteiger partial charge in [0.15, 0.2) is 0 Å². The van der Waals surface area contributed by atoms with E-state index in [1.165, 1.54) is 36.4 Å².